The van der Waals surface area contributed by atoms with E-state index in [4.69, 9.17) is 0 Å². The van der Waals surface area contributed by atoms with Gasteiger partial charge in [0.05, 0.1) is 0 Å². The molecule has 4 atom stereocenters. The Morgan fingerprint density at radius 2 is 1.67 bits per heavy atom. The quantitative estimate of drug-likeness (QED) is 0.504. The summed E-state index contributed by atoms with van der Waals surface area (Å²) in [6.45, 7) is 7.40. The van der Waals surface area contributed by atoms with Gasteiger partial charge >= 0.3 is 5.97 Å². The minimum absolute atomic E-state index is 0.120. The molecule has 190 valence electrons. The number of fused-ring (bicyclic) bond motifs is 3. The topological polar surface area (TPSA) is 116 Å². The molecule has 0 aliphatic carbocycles. The summed E-state index contributed by atoms with van der Waals surface area (Å²) in [5.74, 6) is -2.66. The average molecular weight is 510 g/mol. The molecule has 2 heterocycles. The average Bonchev–Trinajstić information content (AvgIpc) is 3.26. The van der Waals surface area contributed by atoms with Gasteiger partial charge < -0.3 is 20.6 Å². The Labute approximate surface area is 214 Å². The van der Waals surface area contributed by atoms with E-state index in [1.807, 2.05) is 32.0 Å². The van der Waals surface area contributed by atoms with E-state index in [-0.39, 0.29) is 23.6 Å². The first kappa shape index (κ1) is 25.8. The van der Waals surface area contributed by atoms with Crippen molar-refractivity contribution in [2.24, 2.45) is 5.92 Å². The van der Waals surface area contributed by atoms with Gasteiger partial charge in [-0.3, -0.25) is 14.4 Å². The van der Waals surface area contributed by atoms with E-state index >= 15 is 0 Å². The number of carbonyl (C=O) groups is 4. The summed E-state index contributed by atoms with van der Waals surface area (Å²) < 4.78 is -0.590. The van der Waals surface area contributed by atoms with E-state index < -0.39 is 40.7 Å². The Kier molecular flexibility index (Phi) is 7.13. The highest BCUT2D eigenvalue weighted by molar-refractivity contribution is 8.01. The molecule has 3 amide bonds. The van der Waals surface area contributed by atoms with Gasteiger partial charge in [0.15, 0.2) is 0 Å². The number of amides is 3. The summed E-state index contributed by atoms with van der Waals surface area (Å²) in [5, 5.41) is 14.8. The molecule has 2 aliphatic heterocycles. The SMILES string of the molecule is CC(C)[C@H](NC(=O)[C@@H]1N2C(=O)c3ccccc3[C@H]2SC1(C)C)C(=O)N[C@@H](Cc1ccccc1)C(=O)O. The zero-order chi connectivity index (χ0) is 26.2. The van der Waals surface area contributed by atoms with Crippen LogP contribution < -0.4 is 10.6 Å². The van der Waals surface area contributed by atoms with Gasteiger partial charge in [-0.25, -0.2) is 4.79 Å². The molecular formula is C27H31N3O5S. The lowest BCUT2D eigenvalue weighted by Crippen LogP contribution is -2.59. The number of carbonyl (C=O) groups excluding carboxylic acids is 3. The molecule has 8 nitrogen and oxygen atoms in total. The van der Waals surface area contributed by atoms with Gasteiger partial charge in [-0.2, -0.15) is 0 Å². The maximum atomic E-state index is 13.6. The monoisotopic (exact) mass is 509 g/mol. The van der Waals surface area contributed by atoms with E-state index in [1.165, 1.54) is 0 Å². The van der Waals surface area contributed by atoms with Crippen LogP contribution in [-0.4, -0.2) is 56.6 Å². The third kappa shape index (κ3) is 4.84. The molecule has 36 heavy (non-hydrogen) atoms. The standard InChI is InChI=1S/C27H31N3O5S/c1-15(2)20(22(31)28-19(26(34)35)14-16-10-6-5-7-11-16)29-23(32)21-27(3,4)36-25-18-13-9-8-12-17(18)24(33)30(21)25/h5-13,15,19-21,25H,14H2,1-4H3,(H,28,31)(H,29,32)(H,34,35)/t19-,20-,21-,25+/m0/s1. The first-order valence-corrected chi connectivity index (χ1v) is 12.9. The fourth-order valence-electron chi connectivity index (χ4n) is 4.88. The smallest absolute Gasteiger partial charge is 0.326 e. The van der Waals surface area contributed by atoms with E-state index in [1.54, 1.807) is 66.9 Å². The summed E-state index contributed by atoms with van der Waals surface area (Å²) in [4.78, 5) is 53.5. The fraction of sp³-hybridized carbons (Fsp3) is 0.407. The predicted octanol–water partition coefficient (Wildman–Crippen LogP) is 2.99. The number of benzene rings is 2. The Bertz CT molecular complexity index is 1180. The number of nitrogens with one attached hydrogen (secondary N) is 2. The molecule has 2 aliphatic rings. The number of carboxylic acids is 1. The molecule has 0 saturated carbocycles. The third-order valence-electron chi connectivity index (χ3n) is 6.69. The molecule has 0 unspecified atom stereocenters. The van der Waals surface area contributed by atoms with Crippen LogP contribution in [0.1, 0.15) is 54.6 Å². The van der Waals surface area contributed by atoms with Crippen molar-refractivity contribution in [2.45, 2.75) is 62.4 Å². The molecule has 3 N–H and O–H groups in total. The highest BCUT2D eigenvalue weighted by atomic mass is 32.2. The van der Waals surface area contributed by atoms with Crippen LogP contribution in [0.3, 0.4) is 0 Å². The van der Waals surface area contributed by atoms with Crippen LogP contribution in [0, 0.1) is 5.92 Å². The van der Waals surface area contributed by atoms with Crippen molar-refractivity contribution in [3.05, 3.63) is 71.3 Å². The molecule has 2 aromatic carbocycles. The van der Waals surface area contributed by atoms with Crippen molar-refractivity contribution in [1.29, 1.82) is 0 Å². The number of hydrogen-bond donors (Lipinski definition) is 3. The van der Waals surface area contributed by atoms with Gasteiger partial charge in [0.2, 0.25) is 11.8 Å². The van der Waals surface area contributed by atoms with Crippen LogP contribution in [0.2, 0.25) is 0 Å². The summed E-state index contributed by atoms with van der Waals surface area (Å²) in [6.07, 6.45) is 0.120. The van der Waals surface area contributed by atoms with E-state index in [0.29, 0.717) is 5.56 Å². The Balaban J connectivity index is 1.51. The van der Waals surface area contributed by atoms with Crippen molar-refractivity contribution in [3.8, 4) is 0 Å². The molecule has 4 rings (SSSR count). The molecule has 0 aromatic heterocycles. The molecule has 9 heteroatoms. The minimum Gasteiger partial charge on any atom is -0.480 e. The molecule has 2 aromatic rings. The first-order valence-electron chi connectivity index (χ1n) is 12.0. The van der Waals surface area contributed by atoms with Crippen LogP contribution in [0.15, 0.2) is 54.6 Å². The second-order valence-electron chi connectivity index (χ2n) is 10.1. The van der Waals surface area contributed by atoms with Crippen molar-refractivity contribution in [2.75, 3.05) is 0 Å². The lowest BCUT2D eigenvalue weighted by atomic mass is 9.97. The van der Waals surface area contributed by atoms with Crippen LogP contribution in [-0.2, 0) is 20.8 Å². The summed E-state index contributed by atoms with van der Waals surface area (Å²) in [6, 6.07) is 13.5. The maximum Gasteiger partial charge on any atom is 0.326 e. The molecule has 0 spiro atoms. The highest BCUT2D eigenvalue weighted by Crippen LogP contribution is 2.56. The number of rotatable bonds is 8. The van der Waals surface area contributed by atoms with Crippen LogP contribution in [0.4, 0.5) is 0 Å². The Morgan fingerprint density at radius 3 is 2.31 bits per heavy atom. The van der Waals surface area contributed by atoms with Crippen molar-refractivity contribution >= 4 is 35.5 Å². The van der Waals surface area contributed by atoms with Gasteiger partial charge in [-0.05, 0) is 37.0 Å². The number of nitrogens with zero attached hydrogens (tertiary/aromatic N) is 1. The Hall–Kier alpha value is -3.33. The van der Waals surface area contributed by atoms with Crippen molar-refractivity contribution in [1.82, 2.24) is 15.5 Å². The van der Waals surface area contributed by atoms with E-state index in [2.05, 4.69) is 10.6 Å². The summed E-state index contributed by atoms with van der Waals surface area (Å²) in [5.41, 5.74) is 2.25. The van der Waals surface area contributed by atoms with E-state index in [0.717, 1.165) is 11.1 Å². The molecular weight excluding hydrogens is 478 g/mol. The van der Waals surface area contributed by atoms with Crippen LogP contribution in [0.5, 0.6) is 0 Å². The number of hydrogen-bond acceptors (Lipinski definition) is 5. The van der Waals surface area contributed by atoms with Gasteiger partial charge in [0.1, 0.15) is 23.5 Å². The van der Waals surface area contributed by atoms with Gasteiger partial charge in [0.25, 0.3) is 5.91 Å². The largest absolute Gasteiger partial charge is 0.480 e. The van der Waals surface area contributed by atoms with Gasteiger partial charge in [-0.1, -0.05) is 62.4 Å². The molecule has 1 saturated heterocycles. The van der Waals surface area contributed by atoms with Crippen LogP contribution in [0.25, 0.3) is 0 Å². The zero-order valence-corrected chi connectivity index (χ0v) is 21.5. The number of thioether (sulfide) groups is 1. The lowest BCUT2D eigenvalue weighted by molar-refractivity contribution is -0.142. The van der Waals surface area contributed by atoms with Gasteiger partial charge in [0, 0.05) is 16.7 Å². The second-order valence-corrected chi connectivity index (χ2v) is 11.8. The normalized spacial score (nSPS) is 21.5. The summed E-state index contributed by atoms with van der Waals surface area (Å²) >= 11 is 1.55. The van der Waals surface area contributed by atoms with Crippen molar-refractivity contribution < 1.29 is 24.3 Å². The molecule has 1 fully saturated rings. The molecule has 0 radical (unpaired) electrons. The van der Waals surface area contributed by atoms with E-state index in [9.17, 15) is 24.3 Å². The molecule has 0 bridgehead atoms. The lowest BCUT2D eigenvalue weighted by Gasteiger charge is -2.32. The number of carboxylic acid groups (broad SMARTS) is 1. The van der Waals surface area contributed by atoms with Crippen molar-refractivity contribution in [3.63, 3.8) is 0 Å². The zero-order valence-electron chi connectivity index (χ0n) is 20.7. The first-order chi connectivity index (χ1) is 17.0. The second kappa shape index (κ2) is 9.97. The van der Waals surface area contributed by atoms with Gasteiger partial charge in [-0.15, -0.1) is 11.8 Å². The third-order valence-corrected chi connectivity index (χ3v) is 8.22. The highest BCUT2D eigenvalue weighted by Gasteiger charge is 2.57. The number of aliphatic carboxylic acids is 1. The predicted molar refractivity (Wildman–Crippen MR) is 137 cm³/mol. The Morgan fingerprint density at radius 1 is 1.03 bits per heavy atom. The fourth-order valence-corrected chi connectivity index (χ4v) is 6.47. The maximum absolute atomic E-state index is 13.6. The van der Waals surface area contributed by atoms with Crippen LogP contribution >= 0.6 is 11.8 Å². The summed E-state index contributed by atoms with van der Waals surface area (Å²) in [7, 11) is 0. The minimum atomic E-state index is -1.15.